The largest absolute Gasteiger partial charge is 0.497 e. The van der Waals surface area contributed by atoms with Crippen LogP contribution in [0.2, 0.25) is 0 Å². The zero-order chi connectivity index (χ0) is 21.9. The number of anilines is 1. The van der Waals surface area contributed by atoms with Gasteiger partial charge < -0.3 is 19.1 Å². The van der Waals surface area contributed by atoms with Crippen LogP contribution in [0.15, 0.2) is 24.3 Å². The number of benzene rings is 1. The summed E-state index contributed by atoms with van der Waals surface area (Å²) in [7, 11) is 1.70. The summed E-state index contributed by atoms with van der Waals surface area (Å²) >= 11 is 0. The summed E-state index contributed by atoms with van der Waals surface area (Å²) in [6, 6.07) is 8.31. The van der Waals surface area contributed by atoms with Gasteiger partial charge in [0.2, 0.25) is 0 Å². The molecule has 3 heterocycles. The fraction of sp³-hybridized carbons (Fsp3) is 0.731. The van der Waals surface area contributed by atoms with E-state index in [0.717, 1.165) is 57.9 Å². The third-order valence-corrected chi connectivity index (χ3v) is 9.34. The molecule has 3 aliphatic heterocycles. The molecule has 0 N–H and O–H groups in total. The molecule has 6 atom stereocenters. The van der Waals surface area contributed by atoms with E-state index in [1.807, 2.05) is 12.1 Å². The van der Waals surface area contributed by atoms with Crippen molar-refractivity contribution < 1.29 is 19.0 Å². The summed E-state index contributed by atoms with van der Waals surface area (Å²) in [6.07, 6.45) is 5.95. The van der Waals surface area contributed by atoms with Crippen LogP contribution in [0.25, 0.3) is 0 Å². The average Bonchev–Trinajstić information content (AvgIpc) is 3.51. The van der Waals surface area contributed by atoms with Gasteiger partial charge >= 0.3 is 5.97 Å². The Morgan fingerprint density at radius 3 is 2.56 bits per heavy atom. The summed E-state index contributed by atoms with van der Waals surface area (Å²) in [5.74, 6) is 1.91. The van der Waals surface area contributed by atoms with Crippen molar-refractivity contribution in [1.82, 2.24) is 4.90 Å². The first kappa shape index (κ1) is 20.8. The molecule has 1 spiro atoms. The van der Waals surface area contributed by atoms with E-state index in [1.165, 1.54) is 24.9 Å². The van der Waals surface area contributed by atoms with E-state index in [9.17, 15) is 4.79 Å². The number of rotatable bonds is 4. The van der Waals surface area contributed by atoms with Crippen molar-refractivity contribution in [1.29, 1.82) is 0 Å². The Bertz CT molecular complexity index is 861. The van der Waals surface area contributed by atoms with Crippen molar-refractivity contribution in [3.63, 3.8) is 0 Å². The fourth-order valence-corrected chi connectivity index (χ4v) is 7.43. The van der Waals surface area contributed by atoms with Gasteiger partial charge in [0, 0.05) is 44.3 Å². The highest BCUT2D eigenvalue weighted by atomic mass is 16.6. The molecular formula is C26H36N2O4. The maximum atomic E-state index is 12.9. The zero-order valence-electron chi connectivity index (χ0n) is 19.4. The van der Waals surface area contributed by atoms with Crippen LogP contribution >= 0.6 is 0 Å². The highest BCUT2D eigenvalue weighted by molar-refractivity contribution is 5.75. The first-order chi connectivity index (χ1) is 15.5. The topological polar surface area (TPSA) is 54.5 Å². The van der Waals surface area contributed by atoms with E-state index in [-0.39, 0.29) is 29.0 Å². The predicted molar refractivity (Wildman–Crippen MR) is 122 cm³/mol. The molecule has 5 aliphatic rings. The maximum Gasteiger partial charge on any atom is 0.310 e. The van der Waals surface area contributed by atoms with E-state index in [0.29, 0.717) is 11.8 Å². The van der Waals surface area contributed by atoms with Crippen LogP contribution in [0, 0.1) is 23.2 Å². The van der Waals surface area contributed by atoms with Crippen LogP contribution in [-0.2, 0) is 14.3 Å². The van der Waals surface area contributed by atoms with Crippen molar-refractivity contribution in [2.24, 2.45) is 23.2 Å². The molecule has 2 saturated carbocycles. The minimum Gasteiger partial charge on any atom is -0.497 e. The minimum atomic E-state index is 0.0230. The molecule has 6 heteroatoms. The number of carbonyl (C=O) groups is 1. The molecular weight excluding hydrogens is 404 g/mol. The summed E-state index contributed by atoms with van der Waals surface area (Å²) in [5, 5.41) is 0. The number of esters is 1. The molecule has 6 nitrogen and oxygen atoms in total. The zero-order valence-corrected chi connectivity index (χ0v) is 19.4. The number of piperazine rings is 1. The number of methoxy groups -OCH3 is 1. The Labute approximate surface area is 191 Å². The highest BCUT2D eigenvalue weighted by Gasteiger charge is 2.65. The van der Waals surface area contributed by atoms with E-state index < -0.39 is 0 Å². The monoisotopic (exact) mass is 440 g/mol. The summed E-state index contributed by atoms with van der Waals surface area (Å²) in [4.78, 5) is 17.8. The lowest BCUT2D eigenvalue weighted by Gasteiger charge is -2.51. The third-order valence-electron chi connectivity index (χ3n) is 9.34. The van der Waals surface area contributed by atoms with Crippen molar-refractivity contribution >= 4 is 11.7 Å². The lowest BCUT2D eigenvalue weighted by molar-refractivity contribution is -0.147. The molecule has 2 aliphatic carbocycles. The number of ether oxygens (including phenoxy) is 3. The molecule has 0 unspecified atom stereocenters. The maximum absolute atomic E-state index is 12.9. The number of fused-ring (bicyclic) bond motifs is 3. The van der Waals surface area contributed by atoms with E-state index in [2.05, 4.69) is 28.9 Å². The third kappa shape index (κ3) is 3.41. The smallest absolute Gasteiger partial charge is 0.310 e. The van der Waals surface area contributed by atoms with E-state index in [4.69, 9.17) is 14.2 Å². The van der Waals surface area contributed by atoms with Crippen molar-refractivity contribution in [2.75, 3.05) is 51.3 Å². The Morgan fingerprint density at radius 2 is 1.88 bits per heavy atom. The molecule has 3 saturated heterocycles. The van der Waals surface area contributed by atoms with Gasteiger partial charge in [0.25, 0.3) is 0 Å². The molecule has 174 valence electrons. The van der Waals surface area contributed by atoms with Gasteiger partial charge in [-0.05, 0) is 67.7 Å². The Kier molecular flexibility index (Phi) is 4.95. The van der Waals surface area contributed by atoms with Gasteiger partial charge in [-0.2, -0.15) is 0 Å². The number of carbonyl (C=O) groups excluding carboxylic acids is 1. The van der Waals surface area contributed by atoms with E-state index >= 15 is 0 Å². The second-order valence-electron chi connectivity index (χ2n) is 11.1. The van der Waals surface area contributed by atoms with Crippen molar-refractivity contribution in [3.05, 3.63) is 24.3 Å². The van der Waals surface area contributed by atoms with Gasteiger partial charge in [0.15, 0.2) is 0 Å². The van der Waals surface area contributed by atoms with Gasteiger partial charge in [0.1, 0.15) is 11.9 Å². The first-order valence-corrected chi connectivity index (χ1v) is 12.5. The van der Waals surface area contributed by atoms with Crippen molar-refractivity contribution in [3.8, 4) is 5.75 Å². The lowest BCUT2D eigenvalue weighted by atomic mass is 9.53. The first-order valence-electron chi connectivity index (χ1n) is 12.5. The Balaban J connectivity index is 1.10. The van der Waals surface area contributed by atoms with Gasteiger partial charge in [-0.3, -0.25) is 9.69 Å². The predicted octanol–water partition coefficient (Wildman–Crippen LogP) is 3.34. The molecule has 6 rings (SSSR count). The van der Waals surface area contributed by atoms with Crippen LogP contribution in [0.5, 0.6) is 5.75 Å². The summed E-state index contributed by atoms with van der Waals surface area (Å²) < 4.78 is 17.3. The van der Waals surface area contributed by atoms with Gasteiger partial charge in [0.05, 0.1) is 25.2 Å². The number of nitrogens with zero attached hydrogens (tertiary/aromatic N) is 2. The second kappa shape index (κ2) is 7.63. The average molecular weight is 441 g/mol. The fourth-order valence-electron chi connectivity index (χ4n) is 7.43. The second-order valence-corrected chi connectivity index (χ2v) is 11.1. The van der Waals surface area contributed by atoms with Gasteiger partial charge in [-0.25, -0.2) is 0 Å². The Hall–Kier alpha value is -1.79. The van der Waals surface area contributed by atoms with Crippen LogP contribution in [0.3, 0.4) is 0 Å². The van der Waals surface area contributed by atoms with Crippen LogP contribution in [-0.4, -0.2) is 69.0 Å². The quantitative estimate of drug-likeness (QED) is 0.529. The molecule has 0 amide bonds. The number of hydrogen-bond acceptors (Lipinski definition) is 6. The normalized spacial score (nSPS) is 41.2. The number of epoxide rings is 1. The molecule has 5 fully saturated rings. The standard InChI is InChI=1S/C26H36N2O4/c1-25-8-3-9-26(17-31-26)23(25)14-20-21(24(29)32-22(20)15-25)16-27-10-12-28(13-11-27)18-4-6-19(30-2)7-5-18/h4-7,20-23H,3,8-17H2,1-2H3/t20-,21-,22-,23+,25-,26+/m1/s1. The van der Waals surface area contributed by atoms with E-state index in [1.54, 1.807) is 7.11 Å². The molecule has 1 aromatic carbocycles. The molecule has 0 radical (unpaired) electrons. The minimum absolute atomic E-state index is 0.0230. The Morgan fingerprint density at radius 1 is 1.12 bits per heavy atom. The molecule has 1 aromatic rings. The van der Waals surface area contributed by atoms with Crippen LogP contribution in [0.1, 0.15) is 39.0 Å². The van der Waals surface area contributed by atoms with Crippen LogP contribution in [0.4, 0.5) is 5.69 Å². The molecule has 32 heavy (non-hydrogen) atoms. The van der Waals surface area contributed by atoms with Gasteiger partial charge in [-0.1, -0.05) is 6.92 Å². The number of hydrogen-bond donors (Lipinski definition) is 0. The summed E-state index contributed by atoms with van der Waals surface area (Å²) in [6.45, 7) is 8.14. The van der Waals surface area contributed by atoms with Gasteiger partial charge in [-0.15, -0.1) is 0 Å². The van der Waals surface area contributed by atoms with Crippen LogP contribution < -0.4 is 9.64 Å². The highest BCUT2D eigenvalue weighted by Crippen LogP contribution is 2.62. The lowest BCUT2D eigenvalue weighted by Crippen LogP contribution is -2.52. The molecule has 0 aromatic heterocycles. The summed E-state index contributed by atoms with van der Waals surface area (Å²) in [5.41, 5.74) is 1.64. The molecule has 0 bridgehead atoms. The SMILES string of the molecule is COc1ccc(N2CCN(C[C@H]3C(=O)O[C@@H]4C[C@@]5(C)CCC[C@]6(CO6)[C@H]5C[C@@H]43)CC2)cc1. The van der Waals surface area contributed by atoms with Crippen molar-refractivity contribution in [2.45, 2.75) is 50.7 Å².